The monoisotopic (exact) mass is 876 g/mol. The summed E-state index contributed by atoms with van der Waals surface area (Å²) in [6, 6.07) is 78.7. The molecule has 10 aromatic rings. The highest BCUT2D eigenvalue weighted by Crippen LogP contribution is 2.47. The fourth-order valence-electron chi connectivity index (χ4n) is 9.74. The number of rotatable bonds is 7. The molecule has 4 nitrogen and oxygen atoms in total. The number of aromatic nitrogens is 3. The molecule has 0 N–H and O–H groups in total. The lowest BCUT2D eigenvalue weighted by Gasteiger charge is -2.42. The highest BCUT2D eigenvalue weighted by Gasteiger charge is 2.43. The van der Waals surface area contributed by atoms with Gasteiger partial charge in [0.15, 0.2) is 17.5 Å². The van der Waals surface area contributed by atoms with Gasteiger partial charge in [-0.1, -0.05) is 220 Å². The van der Waals surface area contributed by atoms with Gasteiger partial charge in [-0.15, -0.1) is 0 Å². The van der Waals surface area contributed by atoms with E-state index < -0.39 is 0 Å². The van der Waals surface area contributed by atoms with Crippen molar-refractivity contribution in [2.75, 3.05) is 4.90 Å². The summed E-state index contributed by atoms with van der Waals surface area (Å²) in [6.45, 7) is 6.90. The first kappa shape index (κ1) is 40.7. The van der Waals surface area contributed by atoms with Crippen molar-refractivity contribution in [2.24, 2.45) is 0 Å². The molecule has 2 aliphatic rings. The van der Waals surface area contributed by atoms with Crippen LogP contribution in [0.1, 0.15) is 26.3 Å². The van der Waals surface area contributed by atoms with Gasteiger partial charge in [-0.3, -0.25) is 0 Å². The molecule has 0 spiro atoms. The minimum atomic E-state index is -0.130. The summed E-state index contributed by atoms with van der Waals surface area (Å²) in [5.41, 5.74) is 18.5. The summed E-state index contributed by atoms with van der Waals surface area (Å²) in [7, 11) is 0. The topological polar surface area (TPSA) is 41.9 Å². The Hall–Kier alpha value is -7.80. The lowest BCUT2D eigenvalue weighted by Crippen LogP contribution is -2.60. The minimum absolute atomic E-state index is 0.0694. The molecular formula is C61H45BN4S. The van der Waals surface area contributed by atoms with E-state index in [1.165, 1.54) is 76.5 Å². The molecule has 1 aromatic heterocycles. The predicted molar refractivity (Wildman–Crippen MR) is 281 cm³/mol. The highest BCUT2D eigenvalue weighted by atomic mass is 32.2. The predicted octanol–water partition coefficient (Wildman–Crippen LogP) is 13.9. The zero-order chi connectivity index (χ0) is 45.1. The van der Waals surface area contributed by atoms with Crippen LogP contribution in [-0.2, 0) is 5.41 Å². The van der Waals surface area contributed by atoms with Crippen LogP contribution in [-0.4, -0.2) is 21.7 Å². The molecule has 0 bridgehead atoms. The highest BCUT2D eigenvalue weighted by molar-refractivity contribution is 8.00. The van der Waals surface area contributed by atoms with Crippen molar-refractivity contribution in [3.05, 3.63) is 224 Å². The molecule has 0 aliphatic carbocycles. The van der Waals surface area contributed by atoms with Crippen LogP contribution in [0.25, 0.3) is 67.5 Å². The Morgan fingerprint density at radius 3 is 1.45 bits per heavy atom. The summed E-state index contributed by atoms with van der Waals surface area (Å²) in [4.78, 5) is 20.6. The van der Waals surface area contributed by atoms with E-state index in [-0.39, 0.29) is 12.1 Å². The molecule has 2 aliphatic heterocycles. The van der Waals surface area contributed by atoms with Crippen LogP contribution in [0.4, 0.5) is 17.1 Å². The third kappa shape index (κ3) is 7.44. The van der Waals surface area contributed by atoms with Crippen molar-refractivity contribution >= 4 is 51.9 Å². The van der Waals surface area contributed by atoms with Crippen LogP contribution in [0.2, 0.25) is 0 Å². The molecule has 318 valence electrons. The van der Waals surface area contributed by atoms with E-state index in [0.717, 1.165) is 22.4 Å². The third-order valence-corrected chi connectivity index (χ3v) is 14.3. The Bertz CT molecular complexity index is 3350. The summed E-state index contributed by atoms with van der Waals surface area (Å²) >= 11 is 1.85. The van der Waals surface area contributed by atoms with Crippen molar-refractivity contribution in [3.8, 4) is 67.5 Å². The Kier molecular flexibility index (Phi) is 10.1. The van der Waals surface area contributed by atoms with Crippen molar-refractivity contribution in [3.63, 3.8) is 0 Å². The van der Waals surface area contributed by atoms with Crippen molar-refractivity contribution < 1.29 is 0 Å². The van der Waals surface area contributed by atoms with Gasteiger partial charge in [-0.25, -0.2) is 15.0 Å². The Labute approximate surface area is 397 Å². The first-order valence-electron chi connectivity index (χ1n) is 23.0. The summed E-state index contributed by atoms with van der Waals surface area (Å²) < 4.78 is 0. The molecule has 0 atom stereocenters. The second-order valence-corrected chi connectivity index (χ2v) is 19.5. The molecule has 9 aromatic carbocycles. The van der Waals surface area contributed by atoms with Crippen molar-refractivity contribution in [2.45, 2.75) is 36.0 Å². The first-order valence-corrected chi connectivity index (χ1v) is 23.8. The van der Waals surface area contributed by atoms with Gasteiger partial charge < -0.3 is 4.90 Å². The largest absolute Gasteiger partial charge is 0.311 e. The number of anilines is 3. The first-order chi connectivity index (χ1) is 32.8. The zero-order valence-corrected chi connectivity index (χ0v) is 38.4. The molecule has 0 fully saturated rings. The second-order valence-electron chi connectivity index (χ2n) is 18.4. The Morgan fingerprint density at radius 2 is 0.910 bits per heavy atom. The van der Waals surface area contributed by atoms with E-state index in [4.69, 9.17) is 15.0 Å². The number of hydrogen-bond acceptors (Lipinski definition) is 5. The molecule has 6 heteroatoms. The average molecular weight is 877 g/mol. The molecule has 0 unspecified atom stereocenters. The molecule has 0 radical (unpaired) electrons. The van der Waals surface area contributed by atoms with Gasteiger partial charge in [0, 0.05) is 43.5 Å². The second kappa shape index (κ2) is 16.6. The van der Waals surface area contributed by atoms with E-state index in [1.807, 2.05) is 48.2 Å². The van der Waals surface area contributed by atoms with Crippen LogP contribution in [0.5, 0.6) is 0 Å². The molecule has 0 amide bonds. The van der Waals surface area contributed by atoms with E-state index in [1.54, 1.807) is 0 Å². The lowest BCUT2D eigenvalue weighted by atomic mass is 9.34. The van der Waals surface area contributed by atoms with Crippen molar-refractivity contribution in [1.29, 1.82) is 0 Å². The summed E-state index contributed by atoms with van der Waals surface area (Å²) in [5.74, 6) is 1.97. The van der Waals surface area contributed by atoms with Gasteiger partial charge in [-0.2, -0.15) is 0 Å². The van der Waals surface area contributed by atoms with Gasteiger partial charge in [-0.05, 0) is 91.7 Å². The van der Waals surface area contributed by atoms with Crippen LogP contribution in [0, 0.1) is 0 Å². The number of hydrogen-bond donors (Lipinski definition) is 0. The standard InChI is InChI=1S/C61H45BN4S/c1-61(2,3)48-38-54-56-55(39-48)67-57-50(60-64-58(43-26-15-7-16-27-43)63-59(65-60)44-28-17-8-18-29-44)30-19-31-51(57)62(56)52-37-45(40-20-9-4-10-21-40)32-33-53(52)66(54)49-35-46(41-22-11-5-12-23-41)34-47(36-49)42-24-13-6-14-25-42/h4-39H,1-3H3. The molecule has 12 rings (SSSR count). The molecular weight excluding hydrogens is 832 g/mol. The normalized spacial score (nSPS) is 12.6. The van der Waals surface area contributed by atoms with E-state index in [0.29, 0.717) is 17.5 Å². The van der Waals surface area contributed by atoms with Gasteiger partial charge in [0.05, 0.1) is 0 Å². The summed E-state index contributed by atoms with van der Waals surface area (Å²) in [5, 5.41) is 0. The average Bonchev–Trinajstić information content (AvgIpc) is 3.39. The number of benzene rings is 9. The smallest absolute Gasteiger partial charge is 0.249 e. The SMILES string of the molecule is CC(C)(C)c1cc2c3c(c1)N(c1cc(-c4ccccc4)cc(-c4ccccc4)c1)c1ccc(-c4ccccc4)cc1B3c1cccc(-c3nc(-c4ccccc4)nc(-c4ccccc4)n3)c1S2. The van der Waals surface area contributed by atoms with E-state index >= 15 is 0 Å². The van der Waals surface area contributed by atoms with Crippen LogP contribution >= 0.6 is 11.8 Å². The maximum absolute atomic E-state index is 5.28. The van der Waals surface area contributed by atoms with Gasteiger partial charge >= 0.3 is 0 Å². The maximum atomic E-state index is 5.28. The van der Waals surface area contributed by atoms with Gasteiger partial charge in [0.25, 0.3) is 0 Å². The Morgan fingerprint density at radius 1 is 0.403 bits per heavy atom. The Balaban J connectivity index is 1.13. The fraction of sp³-hybridized carbons (Fsp3) is 0.0656. The number of nitrogens with zero attached hydrogens (tertiary/aromatic N) is 4. The van der Waals surface area contributed by atoms with Gasteiger partial charge in [0.1, 0.15) is 0 Å². The third-order valence-electron chi connectivity index (χ3n) is 13.1. The molecule has 0 saturated heterocycles. The molecule has 0 saturated carbocycles. The van der Waals surface area contributed by atoms with Crippen LogP contribution in [0.3, 0.4) is 0 Å². The number of fused-ring (bicyclic) bond motifs is 4. The van der Waals surface area contributed by atoms with Crippen LogP contribution < -0.4 is 21.3 Å². The van der Waals surface area contributed by atoms with E-state index in [2.05, 4.69) is 208 Å². The lowest BCUT2D eigenvalue weighted by molar-refractivity contribution is 0.589. The van der Waals surface area contributed by atoms with Crippen molar-refractivity contribution in [1.82, 2.24) is 15.0 Å². The minimum Gasteiger partial charge on any atom is -0.311 e. The molecule has 67 heavy (non-hydrogen) atoms. The van der Waals surface area contributed by atoms with E-state index in [9.17, 15) is 0 Å². The summed E-state index contributed by atoms with van der Waals surface area (Å²) in [6.07, 6.45) is 0. The quantitative estimate of drug-likeness (QED) is 0.149. The maximum Gasteiger partial charge on any atom is 0.249 e. The van der Waals surface area contributed by atoms with Gasteiger partial charge in [0.2, 0.25) is 6.71 Å². The zero-order valence-electron chi connectivity index (χ0n) is 37.6. The van der Waals surface area contributed by atoms with Crippen LogP contribution in [0.15, 0.2) is 228 Å². The molecule has 3 heterocycles. The fourth-order valence-corrected chi connectivity index (χ4v) is 11.0.